The van der Waals surface area contributed by atoms with Crippen molar-refractivity contribution in [1.82, 2.24) is 0 Å². The summed E-state index contributed by atoms with van der Waals surface area (Å²) in [5, 5.41) is 1.60. The fraction of sp³-hybridized carbons (Fsp3) is 0.0625. The monoisotopic (exact) mass is 320 g/mol. The van der Waals surface area contributed by atoms with Gasteiger partial charge in [0.05, 0.1) is 12.1 Å². The molecule has 3 nitrogen and oxygen atoms in total. The number of halogens is 2. The van der Waals surface area contributed by atoms with Gasteiger partial charge < -0.3 is 9.15 Å². The fourth-order valence-corrected chi connectivity index (χ4v) is 2.43. The topological polar surface area (TPSA) is 39.4 Å². The Morgan fingerprint density at radius 3 is 2.67 bits per heavy atom. The highest BCUT2D eigenvalue weighted by Gasteiger charge is 2.18. The molecule has 0 unspecified atom stereocenters. The van der Waals surface area contributed by atoms with E-state index in [2.05, 4.69) is 0 Å². The number of hydrogen-bond acceptors (Lipinski definition) is 3. The van der Waals surface area contributed by atoms with Crippen molar-refractivity contribution in [2.24, 2.45) is 0 Å². The molecule has 0 aliphatic carbocycles. The number of benzene rings is 2. The minimum atomic E-state index is -0.308. The van der Waals surface area contributed by atoms with Crippen LogP contribution in [0, 0.1) is 0 Å². The highest BCUT2D eigenvalue weighted by molar-refractivity contribution is 6.36. The van der Waals surface area contributed by atoms with E-state index in [9.17, 15) is 4.79 Å². The van der Waals surface area contributed by atoms with Gasteiger partial charge in [0, 0.05) is 22.0 Å². The van der Waals surface area contributed by atoms with Crippen molar-refractivity contribution in [3.05, 3.63) is 63.8 Å². The summed E-state index contributed by atoms with van der Waals surface area (Å²) in [4.78, 5) is 12.5. The van der Waals surface area contributed by atoms with E-state index in [0.29, 0.717) is 26.9 Å². The summed E-state index contributed by atoms with van der Waals surface area (Å²) in [5.74, 6) is 0.566. The van der Waals surface area contributed by atoms with Gasteiger partial charge in [0.2, 0.25) is 5.78 Å². The molecule has 3 rings (SSSR count). The molecule has 0 N–H and O–H groups in total. The lowest BCUT2D eigenvalue weighted by Crippen LogP contribution is -2.00. The largest absolute Gasteiger partial charge is 0.497 e. The maximum atomic E-state index is 12.5. The van der Waals surface area contributed by atoms with Gasteiger partial charge in [0.15, 0.2) is 5.76 Å². The summed E-state index contributed by atoms with van der Waals surface area (Å²) in [7, 11) is 1.57. The minimum absolute atomic E-state index is 0.211. The summed E-state index contributed by atoms with van der Waals surface area (Å²) in [6.45, 7) is 0. The van der Waals surface area contributed by atoms with Crippen LogP contribution in [0.5, 0.6) is 5.75 Å². The summed E-state index contributed by atoms with van der Waals surface area (Å²) >= 11 is 12.0. The predicted octanol–water partition coefficient (Wildman–Crippen LogP) is 4.98. The number of fused-ring (bicyclic) bond motifs is 1. The van der Waals surface area contributed by atoms with Crippen LogP contribution < -0.4 is 4.74 Å². The summed E-state index contributed by atoms with van der Waals surface area (Å²) in [6.07, 6.45) is 0. The second-order valence-electron chi connectivity index (χ2n) is 4.47. The van der Waals surface area contributed by atoms with Gasteiger partial charge in [0.25, 0.3) is 0 Å². The van der Waals surface area contributed by atoms with E-state index in [4.69, 9.17) is 32.4 Å². The van der Waals surface area contributed by atoms with E-state index in [-0.39, 0.29) is 11.5 Å². The number of furan rings is 1. The zero-order valence-corrected chi connectivity index (χ0v) is 12.5. The normalized spacial score (nSPS) is 10.8. The molecule has 1 heterocycles. The molecular weight excluding hydrogens is 311 g/mol. The second-order valence-corrected chi connectivity index (χ2v) is 5.31. The number of rotatable bonds is 3. The Balaban J connectivity index is 2.07. The molecule has 106 valence electrons. The smallest absolute Gasteiger partial charge is 0.229 e. The number of hydrogen-bond donors (Lipinski definition) is 0. The van der Waals surface area contributed by atoms with Crippen molar-refractivity contribution in [3.63, 3.8) is 0 Å². The SMILES string of the molecule is COc1ccc2cc(C(=O)c3cc(Cl)ccc3Cl)oc2c1. The van der Waals surface area contributed by atoms with Gasteiger partial charge in [-0.25, -0.2) is 0 Å². The molecule has 0 bridgehead atoms. The van der Waals surface area contributed by atoms with Crippen LogP contribution in [-0.4, -0.2) is 12.9 Å². The first-order valence-corrected chi connectivity index (χ1v) is 6.91. The van der Waals surface area contributed by atoms with Crippen LogP contribution >= 0.6 is 23.2 Å². The number of ether oxygens (including phenoxy) is 1. The number of ketones is 1. The number of methoxy groups -OCH3 is 1. The Hall–Kier alpha value is -1.97. The van der Waals surface area contributed by atoms with Gasteiger partial charge >= 0.3 is 0 Å². The molecule has 3 aromatic rings. The summed E-state index contributed by atoms with van der Waals surface area (Å²) in [5.41, 5.74) is 0.894. The quantitative estimate of drug-likeness (QED) is 0.639. The molecular formula is C16H10Cl2O3. The predicted molar refractivity (Wildman–Crippen MR) is 82.7 cm³/mol. The van der Waals surface area contributed by atoms with Crippen molar-refractivity contribution >= 4 is 40.0 Å². The zero-order valence-electron chi connectivity index (χ0n) is 11.0. The van der Waals surface area contributed by atoms with Crippen molar-refractivity contribution in [2.45, 2.75) is 0 Å². The molecule has 0 aliphatic heterocycles. The molecule has 0 fully saturated rings. The van der Waals surface area contributed by atoms with Crippen LogP contribution in [0.2, 0.25) is 10.0 Å². The zero-order chi connectivity index (χ0) is 15.0. The van der Waals surface area contributed by atoms with Gasteiger partial charge in [-0.3, -0.25) is 4.79 Å². The molecule has 0 spiro atoms. The third-order valence-electron chi connectivity index (χ3n) is 3.12. The Bertz CT molecular complexity index is 837. The Morgan fingerprint density at radius 1 is 1.10 bits per heavy atom. The lowest BCUT2D eigenvalue weighted by molar-refractivity contribution is 0.101. The van der Waals surface area contributed by atoms with Gasteiger partial charge in [-0.1, -0.05) is 23.2 Å². The van der Waals surface area contributed by atoms with Gasteiger partial charge in [-0.15, -0.1) is 0 Å². The van der Waals surface area contributed by atoms with E-state index < -0.39 is 0 Å². The van der Waals surface area contributed by atoms with E-state index in [0.717, 1.165) is 5.39 Å². The molecule has 0 radical (unpaired) electrons. The van der Waals surface area contributed by atoms with E-state index in [1.807, 2.05) is 6.07 Å². The van der Waals surface area contributed by atoms with Crippen molar-refractivity contribution in [1.29, 1.82) is 0 Å². The fourth-order valence-electron chi connectivity index (χ4n) is 2.05. The van der Waals surface area contributed by atoms with E-state index in [1.165, 1.54) is 6.07 Å². The van der Waals surface area contributed by atoms with Crippen LogP contribution in [0.15, 0.2) is 46.9 Å². The average Bonchev–Trinajstić information content (AvgIpc) is 2.91. The Labute approximate surface area is 131 Å². The minimum Gasteiger partial charge on any atom is -0.497 e. The first-order chi connectivity index (χ1) is 10.1. The molecule has 1 aromatic heterocycles. The van der Waals surface area contributed by atoms with Gasteiger partial charge in [-0.05, 0) is 36.4 Å². The van der Waals surface area contributed by atoms with Crippen LogP contribution in [0.3, 0.4) is 0 Å². The van der Waals surface area contributed by atoms with Crippen molar-refractivity contribution < 1.29 is 13.9 Å². The van der Waals surface area contributed by atoms with E-state index >= 15 is 0 Å². The molecule has 0 aliphatic rings. The lowest BCUT2D eigenvalue weighted by atomic mass is 10.1. The van der Waals surface area contributed by atoms with Gasteiger partial charge in [0.1, 0.15) is 11.3 Å². The Kier molecular flexibility index (Phi) is 3.62. The molecule has 0 atom stereocenters. The Morgan fingerprint density at radius 2 is 1.90 bits per heavy atom. The maximum Gasteiger partial charge on any atom is 0.229 e. The molecule has 21 heavy (non-hydrogen) atoms. The van der Waals surface area contributed by atoms with Crippen LogP contribution in [-0.2, 0) is 0 Å². The van der Waals surface area contributed by atoms with Crippen molar-refractivity contribution in [3.8, 4) is 5.75 Å². The summed E-state index contributed by atoms with van der Waals surface area (Å²) in [6, 6.07) is 11.8. The van der Waals surface area contributed by atoms with Crippen LogP contribution in [0.1, 0.15) is 16.1 Å². The highest BCUT2D eigenvalue weighted by atomic mass is 35.5. The second kappa shape index (κ2) is 5.43. The van der Waals surface area contributed by atoms with Crippen LogP contribution in [0.4, 0.5) is 0 Å². The molecule has 2 aromatic carbocycles. The summed E-state index contributed by atoms with van der Waals surface area (Å²) < 4.78 is 10.7. The lowest BCUT2D eigenvalue weighted by Gasteiger charge is -2.01. The third kappa shape index (κ3) is 2.62. The third-order valence-corrected chi connectivity index (χ3v) is 3.69. The number of carbonyl (C=O) groups excluding carboxylic acids is 1. The first-order valence-electron chi connectivity index (χ1n) is 6.16. The van der Waals surface area contributed by atoms with Crippen molar-refractivity contribution in [2.75, 3.05) is 7.11 Å². The molecule has 5 heteroatoms. The highest BCUT2D eigenvalue weighted by Crippen LogP contribution is 2.28. The number of carbonyl (C=O) groups is 1. The average molecular weight is 321 g/mol. The van der Waals surface area contributed by atoms with Crippen LogP contribution in [0.25, 0.3) is 11.0 Å². The molecule has 0 saturated carbocycles. The molecule has 0 amide bonds. The molecule has 0 saturated heterocycles. The van der Waals surface area contributed by atoms with E-state index in [1.54, 1.807) is 37.4 Å². The maximum absolute atomic E-state index is 12.5. The standard InChI is InChI=1S/C16H10Cl2O3/c1-20-11-4-2-9-6-15(21-14(9)8-11)16(19)12-7-10(17)3-5-13(12)18/h2-8H,1H3. The first kappa shape index (κ1) is 14.0. The van der Waals surface area contributed by atoms with Gasteiger partial charge in [-0.2, -0.15) is 0 Å².